The van der Waals surface area contributed by atoms with Gasteiger partial charge in [0.1, 0.15) is 0 Å². The van der Waals surface area contributed by atoms with Crippen LogP contribution in [0.1, 0.15) is 47.4 Å². The second-order valence-electron chi connectivity index (χ2n) is 11.1. The number of aromatic amines is 1. The Bertz CT molecular complexity index is 2070. The van der Waals surface area contributed by atoms with Crippen LogP contribution in [0.3, 0.4) is 0 Å². The maximum absolute atomic E-state index is 13.7. The number of benzene rings is 2. The Hall–Kier alpha value is -4.51. The number of nitrogens with zero attached hydrogens (tertiary/aromatic N) is 6. The fourth-order valence-electron chi connectivity index (χ4n) is 6.45. The van der Waals surface area contributed by atoms with Crippen molar-refractivity contribution in [1.82, 2.24) is 29.8 Å². The van der Waals surface area contributed by atoms with Gasteiger partial charge in [-0.3, -0.25) is 14.9 Å². The molecule has 1 fully saturated rings. The van der Waals surface area contributed by atoms with Gasteiger partial charge in [0.15, 0.2) is 5.69 Å². The molecule has 1 saturated carbocycles. The van der Waals surface area contributed by atoms with Gasteiger partial charge in [0.2, 0.25) is 0 Å². The van der Waals surface area contributed by atoms with Crippen LogP contribution < -0.4 is 5.56 Å². The van der Waals surface area contributed by atoms with E-state index in [0.717, 1.165) is 56.4 Å². The topological polar surface area (TPSA) is 93.8 Å². The summed E-state index contributed by atoms with van der Waals surface area (Å²) in [6.45, 7) is 1.99. The van der Waals surface area contributed by atoms with Gasteiger partial charge in [-0.05, 0) is 66.3 Å². The van der Waals surface area contributed by atoms with Gasteiger partial charge in [-0.1, -0.05) is 28.9 Å². The number of allylic oxidation sites excluding steroid dienone is 1. The number of alkyl halides is 3. The molecule has 0 spiro atoms. The third-order valence-corrected chi connectivity index (χ3v) is 8.75. The number of aromatic nitrogens is 6. The molecule has 2 aliphatic heterocycles. The highest BCUT2D eigenvalue weighted by molar-refractivity contribution is 6.31. The van der Waals surface area contributed by atoms with Crippen LogP contribution in [0.4, 0.5) is 13.2 Å². The van der Waals surface area contributed by atoms with Crippen molar-refractivity contribution in [3.8, 4) is 16.8 Å². The first-order valence-electron chi connectivity index (χ1n) is 13.4. The first-order valence-corrected chi connectivity index (χ1v) is 13.8. The lowest BCUT2D eigenvalue weighted by molar-refractivity contribution is -0.141. The first-order chi connectivity index (χ1) is 20.2. The molecule has 5 heterocycles. The highest BCUT2D eigenvalue weighted by Crippen LogP contribution is 2.61. The molecule has 1 N–H and O–H groups in total. The summed E-state index contributed by atoms with van der Waals surface area (Å²) in [4.78, 5) is 18.4. The average Bonchev–Trinajstić information content (AvgIpc) is 3.37. The number of nitrogens with one attached hydrogen (secondary N) is 1. The highest BCUT2D eigenvalue weighted by atomic mass is 35.5. The Labute approximate surface area is 241 Å². The monoisotopic (exact) mass is 587 g/mol. The largest absolute Gasteiger partial charge is 0.436 e. The number of halogens is 4. The molecule has 5 aromatic rings. The van der Waals surface area contributed by atoms with E-state index >= 15 is 0 Å². The summed E-state index contributed by atoms with van der Waals surface area (Å²) in [5, 5.41) is 15.8. The van der Waals surface area contributed by atoms with Crippen molar-refractivity contribution in [2.45, 2.75) is 37.9 Å². The minimum Gasteiger partial charge on any atom is -0.305 e. The van der Waals surface area contributed by atoms with Crippen molar-refractivity contribution in [2.75, 3.05) is 0 Å². The van der Waals surface area contributed by atoms with Crippen LogP contribution in [0.2, 0.25) is 5.02 Å². The quantitative estimate of drug-likeness (QED) is 0.264. The summed E-state index contributed by atoms with van der Waals surface area (Å²) < 4.78 is 42.5. The Kier molecular flexibility index (Phi) is 5.25. The molecule has 3 atom stereocenters. The molecule has 8 rings (SSSR count). The van der Waals surface area contributed by atoms with Crippen LogP contribution in [0.15, 0.2) is 76.3 Å². The van der Waals surface area contributed by atoms with E-state index in [1.807, 2.05) is 35.9 Å². The molecule has 1 aliphatic carbocycles. The Morgan fingerprint density at radius 2 is 1.93 bits per heavy atom. The third-order valence-electron chi connectivity index (χ3n) is 8.52. The van der Waals surface area contributed by atoms with Crippen molar-refractivity contribution in [1.29, 1.82) is 0 Å². The van der Waals surface area contributed by atoms with Gasteiger partial charge in [0, 0.05) is 52.0 Å². The van der Waals surface area contributed by atoms with E-state index in [2.05, 4.69) is 26.6 Å². The molecule has 0 radical (unpaired) electrons. The molecular weight excluding hydrogens is 567 g/mol. The molecule has 12 heteroatoms. The lowest BCUT2D eigenvalue weighted by Crippen LogP contribution is -2.26. The lowest BCUT2D eigenvalue weighted by atomic mass is 9.96. The van der Waals surface area contributed by atoms with Crippen molar-refractivity contribution in [3.63, 3.8) is 0 Å². The predicted molar refractivity (Wildman–Crippen MR) is 151 cm³/mol. The van der Waals surface area contributed by atoms with E-state index < -0.39 is 11.9 Å². The summed E-state index contributed by atoms with van der Waals surface area (Å²) in [5.74, 6) is 0.524. The van der Waals surface area contributed by atoms with E-state index in [0.29, 0.717) is 34.2 Å². The second-order valence-corrected chi connectivity index (χ2v) is 11.5. The highest BCUT2D eigenvalue weighted by Gasteiger charge is 2.54. The van der Waals surface area contributed by atoms with E-state index in [4.69, 9.17) is 16.6 Å². The Morgan fingerprint density at radius 3 is 2.74 bits per heavy atom. The van der Waals surface area contributed by atoms with Gasteiger partial charge in [-0.15, -0.1) is 5.10 Å². The number of hydrogen-bond donors (Lipinski definition) is 1. The van der Waals surface area contributed by atoms with E-state index in [-0.39, 0.29) is 17.5 Å². The van der Waals surface area contributed by atoms with Gasteiger partial charge < -0.3 is 4.57 Å². The zero-order valence-corrected chi connectivity index (χ0v) is 22.8. The van der Waals surface area contributed by atoms with Gasteiger partial charge in [-0.2, -0.15) is 18.3 Å². The zero-order chi connectivity index (χ0) is 28.9. The molecule has 42 heavy (non-hydrogen) atoms. The number of pyridine rings is 1. The van der Waals surface area contributed by atoms with Crippen LogP contribution in [-0.2, 0) is 6.18 Å². The zero-order valence-electron chi connectivity index (χ0n) is 22.0. The summed E-state index contributed by atoms with van der Waals surface area (Å²) in [7, 11) is 0. The number of H-pyrrole nitrogens is 1. The molecule has 210 valence electrons. The van der Waals surface area contributed by atoms with Crippen LogP contribution in [-0.4, -0.2) is 35.5 Å². The molecule has 3 aliphatic rings. The molecule has 0 bridgehead atoms. The number of rotatable bonds is 4. The van der Waals surface area contributed by atoms with Crippen LogP contribution in [0.5, 0.6) is 0 Å². The number of aryl methyl sites for hydroxylation is 1. The molecule has 2 aromatic carbocycles. The summed E-state index contributed by atoms with van der Waals surface area (Å²) in [6.07, 6.45) is -0.309. The molecule has 8 nitrogen and oxygen atoms in total. The number of hydrogen-bond acceptors (Lipinski definition) is 5. The predicted octanol–water partition coefficient (Wildman–Crippen LogP) is 6.39. The summed E-state index contributed by atoms with van der Waals surface area (Å²) >= 11 is 6.30. The fraction of sp³-hybridized carbons (Fsp3) is 0.233. The standard InChI is InChI=1S/C30H21ClF3N7O/c1-14-19-4-2-15(6-24(19)37-36-14)23-7-17(12-35-23)29-22-11-21(22)26-8-16(9-28(42)41(26)29)20-10-18(31)3-5-25(20)40-13-27(38-39-40)30(32,33)34/h2-6,8-10,12-13,21-22,29H,7,11H2,1H3,(H,36,37). The molecule has 0 saturated heterocycles. The van der Waals surface area contributed by atoms with E-state index in [1.54, 1.807) is 18.2 Å². The van der Waals surface area contributed by atoms with Crippen molar-refractivity contribution >= 4 is 28.2 Å². The van der Waals surface area contributed by atoms with Crippen molar-refractivity contribution in [3.05, 3.63) is 105 Å². The van der Waals surface area contributed by atoms with Crippen molar-refractivity contribution in [2.24, 2.45) is 10.9 Å². The van der Waals surface area contributed by atoms with Crippen LogP contribution >= 0.6 is 11.6 Å². The second kappa shape index (κ2) is 8.75. The van der Waals surface area contributed by atoms with E-state index in [1.165, 1.54) is 6.07 Å². The number of fused-ring (bicyclic) bond motifs is 4. The normalized spacial score (nSPS) is 20.9. The summed E-state index contributed by atoms with van der Waals surface area (Å²) in [6, 6.07) is 14.3. The molecule has 0 amide bonds. The van der Waals surface area contributed by atoms with Crippen molar-refractivity contribution < 1.29 is 13.2 Å². The maximum atomic E-state index is 13.7. The van der Waals surface area contributed by atoms with Gasteiger partial charge in [0.25, 0.3) is 5.56 Å². The first kappa shape index (κ1) is 25.2. The van der Waals surface area contributed by atoms with Crippen LogP contribution in [0, 0.1) is 12.8 Å². The average molecular weight is 588 g/mol. The maximum Gasteiger partial charge on any atom is 0.436 e. The van der Waals surface area contributed by atoms with Crippen LogP contribution in [0.25, 0.3) is 27.7 Å². The smallest absolute Gasteiger partial charge is 0.305 e. The third kappa shape index (κ3) is 3.87. The minimum atomic E-state index is -4.63. The Balaban J connectivity index is 1.13. The van der Waals surface area contributed by atoms with Gasteiger partial charge in [-0.25, -0.2) is 4.68 Å². The lowest BCUT2D eigenvalue weighted by Gasteiger charge is -2.20. The van der Waals surface area contributed by atoms with E-state index in [9.17, 15) is 18.0 Å². The SMILES string of the molecule is Cc1[nH]nc2cc(C3=NC=C(C4C5CC5c5cc(-c6cc(Cl)ccc6-n6cc(C(F)(F)F)nn6)cc(=O)n54)C3)ccc12. The molecular formula is C30H21ClF3N7O. The number of aliphatic imine (C=N–C) groups is 1. The Morgan fingerprint density at radius 1 is 1.07 bits per heavy atom. The summed E-state index contributed by atoms with van der Waals surface area (Å²) in [5.41, 5.74) is 5.98. The minimum absolute atomic E-state index is 0.0901. The fourth-order valence-corrected chi connectivity index (χ4v) is 6.63. The van der Waals surface area contributed by atoms with Gasteiger partial charge >= 0.3 is 6.18 Å². The van der Waals surface area contributed by atoms with Gasteiger partial charge in [0.05, 0.1) is 29.2 Å². The molecule has 3 aromatic heterocycles. The molecule has 3 unspecified atom stereocenters.